The number of para-hydroxylation sites is 1. The van der Waals surface area contributed by atoms with Crippen molar-refractivity contribution < 1.29 is 88.2 Å². The van der Waals surface area contributed by atoms with Gasteiger partial charge in [-0.25, -0.2) is 4.79 Å². The molecular formula is C68H96N14O18S. The lowest BCUT2D eigenvalue weighted by Crippen LogP contribution is -2.63. The van der Waals surface area contributed by atoms with Crippen molar-refractivity contribution >= 4 is 93.8 Å². The third-order valence-electron chi connectivity index (χ3n) is 17.4. The van der Waals surface area contributed by atoms with E-state index in [9.17, 15) is 73.8 Å². The second-order valence-electron chi connectivity index (χ2n) is 25.3. The number of phenols is 1. The summed E-state index contributed by atoms with van der Waals surface area (Å²) in [6.45, 7) is 2.14. The summed E-state index contributed by atoms with van der Waals surface area (Å²) in [4.78, 5) is 174. The minimum atomic E-state index is -1.70. The van der Waals surface area contributed by atoms with Crippen molar-refractivity contribution in [3.63, 3.8) is 0 Å². The number of carboxylic acid groups (broad SMARTS) is 4. The number of fused-ring (bicyclic) bond motifs is 1. The number of carbonyl (C=O) groups excluding carboxylic acids is 8. The Kier molecular flexibility index (Phi) is 33.2. The standard InChI is InChI=1S/C68H96N14O18S/c1-43(83)61-66(97)76-54(35-44-12-4-3-5-13-44)67(98)78(2)55(65(96)75-52(34-45-18-20-47(84)21-19-45)63(94)74-53(36-46-37-71-49-15-7-6-14-48(46)49)64(95)73-50(62(93)77-61)16-8-10-23-69)22-33-101-42-57(86)72-51(68(99)100)17-9-11-24-70-56(85)38-79-25-27-80(39-58(87)88)29-31-82(41-60(91)92)32-30-81(28-26-79)40-59(89)90/h3-7,12-15,18-21,37,43,50-55,61,71,83-84H,8-11,16-17,22-36,38-42,69H2,1-2H3,(H,70,85)(H,72,86)(H,73,95)(H,74,94)(H,75,96)(H,76,97)(H,77,93)(H,87,88)(H,89,90)(H,91,92)(H,99,100)/t43-,50+,51-,52+,53-,54+,55+,61+/m1/s1. The Morgan fingerprint density at radius 3 is 1.66 bits per heavy atom. The minimum absolute atomic E-state index is 0.0173. The number of aromatic amines is 1. The highest BCUT2D eigenvalue weighted by molar-refractivity contribution is 7.99. The number of aliphatic carboxylic acids is 4. The first kappa shape index (κ1) is 80.7. The molecule has 0 spiro atoms. The number of nitrogens with zero attached hydrogens (tertiary/aromatic N) is 5. The van der Waals surface area contributed by atoms with Gasteiger partial charge in [-0.3, -0.25) is 72.3 Å². The van der Waals surface area contributed by atoms with Crippen molar-refractivity contribution in [2.45, 2.75) is 120 Å². The van der Waals surface area contributed by atoms with E-state index in [4.69, 9.17) is 5.73 Å². The molecule has 32 nitrogen and oxygen atoms in total. The summed E-state index contributed by atoms with van der Waals surface area (Å²) in [5, 5.41) is 79.9. The maximum Gasteiger partial charge on any atom is 0.326 e. The van der Waals surface area contributed by atoms with Crippen molar-refractivity contribution in [1.29, 1.82) is 0 Å². The topological polar surface area (TPSA) is 468 Å². The van der Waals surface area contributed by atoms with Gasteiger partial charge in [0.25, 0.3) is 0 Å². The van der Waals surface area contributed by atoms with E-state index in [2.05, 4.69) is 42.2 Å². The number of nitrogens with two attached hydrogens (primary N) is 1. The molecule has 0 radical (unpaired) electrons. The number of aliphatic hydroxyl groups is 1. The van der Waals surface area contributed by atoms with Gasteiger partial charge in [-0.1, -0.05) is 60.7 Å². The molecule has 1 aromatic heterocycles. The molecule has 2 aliphatic rings. The average molecular weight is 1430 g/mol. The number of hydrogen-bond acceptors (Lipinski definition) is 20. The van der Waals surface area contributed by atoms with Gasteiger partial charge in [-0.15, -0.1) is 0 Å². The zero-order chi connectivity index (χ0) is 73.5. The molecule has 33 heteroatoms. The van der Waals surface area contributed by atoms with Gasteiger partial charge in [0.05, 0.1) is 38.0 Å². The first-order valence-electron chi connectivity index (χ1n) is 33.7. The Morgan fingerprint density at radius 2 is 1.09 bits per heavy atom. The number of amides is 8. The van der Waals surface area contributed by atoms with Gasteiger partial charge < -0.3 is 83.5 Å². The number of aromatic hydroxyl groups is 1. The lowest BCUT2D eigenvalue weighted by molar-refractivity contribution is -0.143. The molecule has 0 aliphatic carbocycles. The zero-order valence-electron chi connectivity index (χ0n) is 56.9. The number of hydrogen-bond donors (Lipinski definition) is 15. The molecule has 2 saturated heterocycles. The van der Waals surface area contributed by atoms with Crippen molar-refractivity contribution in [2.75, 3.05) is 110 Å². The summed E-state index contributed by atoms with van der Waals surface area (Å²) < 4.78 is 0. The first-order chi connectivity index (χ1) is 48.3. The van der Waals surface area contributed by atoms with Crippen LogP contribution in [0.5, 0.6) is 5.75 Å². The lowest BCUT2D eigenvalue weighted by Gasteiger charge is -2.33. The molecule has 8 atom stereocenters. The van der Waals surface area contributed by atoms with Crippen molar-refractivity contribution in [1.82, 2.24) is 66.7 Å². The predicted octanol–water partition coefficient (Wildman–Crippen LogP) is -1.87. The Balaban J connectivity index is 1.18. The molecule has 16 N–H and O–H groups in total. The van der Waals surface area contributed by atoms with E-state index in [1.54, 1.807) is 62.2 Å². The summed E-state index contributed by atoms with van der Waals surface area (Å²) in [6.07, 6.45) is 0.672. The average Bonchev–Trinajstić information content (AvgIpc) is 1.79. The number of nitrogens with one attached hydrogen (secondary N) is 8. The van der Waals surface area contributed by atoms with E-state index < -0.39 is 120 Å². The zero-order valence-corrected chi connectivity index (χ0v) is 57.7. The molecule has 0 unspecified atom stereocenters. The first-order valence-corrected chi connectivity index (χ1v) is 34.9. The maximum absolute atomic E-state index is 15.2. The number of unbranched alkanes of at least 4 members (excludes halogenated alkanes) is 2. The van der Waals surface area contributed by atoms with Crippen LogP contribution in [0.25, 0.3) is 10.9 Å². The van der Waals surface area contributed by atoms with Gasteiger partial charge >= 0.3 is 23.9 Å². The van der Waals surface area contributed by atoms with Crippen LogP contribution in [-0.2, 0) is 76.8 Å². The van der Waals surface area contributed by atoms with Crippen LogP contribution in [0.1, 0.15) is 68.6 Å². The number of carbonyl (C=O) groups is 12. The fraction of sp³-hybridized carbons (Fsp3) is 0.529. The van der Waals surface area contributed by atoms with Crippen molar-refractivity contribution in [3.05, 3.63) is 102 Å². The predicted molar refractivity (Wildman–Crippen MR) is 372 cm³/mol. The number of H-pyrrole nitrogens is 1. The van der Waals surface area contributed by atoms with Crippen LogP contribution in [-0.4, -0.2) is 290 Å². The largest absolute Gasteiger partial charge is 0.508 e. The SMILES string of the molecule is C[C@@H](O)[C@@H]1NC(=O)[C@H](CCCCN)NC(=O)[C@@H](Cc2c[nH]c3ccccc23)NC(=O)[C@H](Cc2ccc(O)cc2)NC(=O)[C@H](CCSCC(=O)N[C@H](CCCCNC(=O)CN2CCN(CC(=O)O)CCN(CC(=O)O)CCN(CC(=O)O)CC2)C(=O)O)N(C)C(=O)[C@H](Cc2ccccc2)NC1=O. The van der Waals surface area contributed by atoms with E-state index in [-0.39, 0.29) is 154 Å². The van der Waals surface area contributed by atoms with Crippen LogP contribution in [0.2, 0.25) is 0 Å². The molecule has 2 fully saturated rings. The van der Waals surface area contributed by atoms with E-state index in [1.165, 1.54) is 38.2 Å². The van der Waals surface area contributed by atoms with Gasteiger partial charge in [-0.05, 0) is 99.1 Å². The number of phenolic OH excluding ortho intramolecular Hbond substituents is 1. The third-order valence-corrected chi connectivity index (χ3v) is 18.4. The van der Waals surface area contributed by atoms with Crippen LogP contribution in [0.15, 0.2) is 85.1 Å². The van der Waals surface area contributed by atoms with Crippen LogP contribution in [0.3, 0.4) is 0 Å². The molecule has 8 amide bonds. The van der Waals surface area contributed by atoms with E-state index in [0.717, 1.165) is 27.6 Å². The van der Waals surface area contributed by atoms with Crippen LogP contribution >= 0.6 is 11.8 Å². The molecule has 3 heterocycles. The summed E-state index contributed by atoms with van der Waals surface area (Å²) in [7, 11) is 1.31. The Labute approximate surface area is 589 Å². The Bertz CT molecular complexity index is 3410. The summed E-state index contributed by atoms with van der Waals surface area (Å²) in [6, 6.07) is 11.4. The lowest BCUT2D eigenvalue weighted by atomic mass is 10.00. The number of aliphatic hydroxyl groups excluding tert-OH is 1. The number of rotatable bonds is 31. The summed E-state index contributed by atoms with van der Waals surface area (Å²) in [5.41, 5.74) is 8.18. The molecule has 552 valence electrons. The molecule has 3 aromatic carbocycles. The fourth-order valence-corrected chi connectivity index (χ4v) is 12.7. The van der Waals surface area contributed by atoms with Gasteiger partial charge in [0.15, 0.2) is 0 Å². The van der Waals surface area contributed by atoms with Crippen molar-refractivity contribution in [2.24, 2.45) is 5.73 Å². The molecule has 0 bridgehead atoms. The number of likely N-dealkylation sites (N-methyl/N-ethyl adjacent to an activating group) is 1. The molecule has 4 aromatic rings. The molecular weight excluding hydrogens is 1330 g/mol. The van der Waals surface area contributed by atoms with E-state index in [0.29, 0.717) is 36.0 Å². The Morgan fingerprint density at radius 1 is 0.574 bits per heavy atom. The maximum atomic E-state index is 15.2. The number of aromatic nitrogens is 1. The Hall–Kier alpha value is -9.25. The molecule has 6 rings (SSSR count). The molecule has 0 saturated carbocycles. The number of carboxylic acids is 4. The van der Waals surface area contributed by atoms with E-state index in [1.807, 2.05) is 18.2 Å². The van der Waals surface area contributed by atoms with Gasteiger partial charge in [0.2, 0.25) is 47.3 Å². The summed E-state index contributed by atoms with van der Waals surface area (Å²) >= 11 is 0.996. The molecule has 101 heavy (non-hydrogen) atoms. The quantitative estimate of drug-likeness (QED) is 0.0246. The number of thioether (sulfide) groups is 1. The van der Waals surface area contributed by atoms with Gasteiger partial charge in [-0.2, -0.15) is 11.8 Å². The number of benzene rings is 3. The minimum Gasteiger partial charge on any atom is -0.508 e. The highest BCUT2D eigenvalue weighted by atomic mass is 32.2. The van der Waals surface area contributed by atoms with E-state index >= 15 is 14.4 Å². The monoisotopic (exact) mass is 1430 g/mol. The van der Waals surface area contributed by atoms with Crippen LogP contribution in [0.4, 0.5) is 0 Å². The fourth-order valence-electron chi connectivity index (χ4n) is 11.8. The van der Waals surface area contributed by atoms with Crippen LogP contribution < -0.4 is 43.0 Å². The normalized spacial score (nSPS) is 21.0. The second kappa shape index (κ2) is 41.5. The smallest absolute Gasteiger partial charge is 0.326 e. The van der Waals surface area contributed by atoms with Crippen molar-refractivity contribution in [3.8, 4) is 5.75 Å². The molecule has 2 aliphatic heterocycles. The van der Waals surface area contributed by atoms with Gasteiger partial charge in [0, 0.05) is 102 Å². The highest BCUT2D eigenvalue weighted by Gasteiger charge is 2.39. The second-order valence-corrected chi connectivity index (χ2v) is 26.4. The highest BCUT2D eigenvalue weighted by Crippen LogP contribution is 2.22. The van der Waals surface area contributed by atoms with Gasteiger partial charge in [0.1, 0.15) is 48.0 Å². The summed E-state index contributed by atoms with van der Waals surface area (Å²) in [5.74, 6) is -11.4. The van der Waals surface area contributed by atoms with Crippen LogP contribution in [0, 0.1) is 0 Å². The third kappa shape index (κ3) is 27.7.